The van der Waals surface area contributed by atoms with Crippen molar-refractivity contribution in [2.75, 3.05) is 20.3 Å². The summed E-state index contributed by atoms with van der Waals surface area (Å²) in [5.41, 5.74) is 6.38. The van der Waals surface area contributed by atoms with E-state index < -0.39 is 5.82 Å². The molecule has 0 radical (unpaired) electrons. The highest BCUT2D eigenvalue weighted by atomic mass is 19.1. The number of benzene rings is 2. The van der Waals surface area contributed by atoms with E-state index in [0.29, 0.717) is 29.1 Å². The Kier molecular flexibility index (Phi) is 4.48. The second-order valence-electron chi connectivity index (χ2n) is 5.22. The van der Waals surface area contributed by atoms with Crippen LogP contribution in [0.4, 0.5) is 4.39 Å². The third-order valence-corrected chi connectivity index (χ3v) is 3.66. The molecule has 1 aromatic heterocycles. The van der Waals surface area contributed by atoms with Gasteiger partial charge in [0.05, 0.1) is 18.2 Å². The molecule has 0 unspecified atom stereocenters. The van der Waals surface area contributed by atoms with Crippen LogP contribution in [-0.2, 0) is 0 Å². The molecule has 0 amide bonds. The van der Waals surface area contributed by atoms with Gasteiger partial charge in [-0.1, -0.05) is 12.1 Å². The third-order valence-electron chi connectivity index (χ3n) is 3.66. The van der Waals surface area contributed by atoms with Gasteiger partial charge >= 0.3 is 0 Å². The molecule has 1 heterocycles. The second-order valence-corrected chi connectivity index (χ2v) is 5.22. The average molecular weight is 328 g/mol. The van der Waals surface area contributed by atoms with Gasteiger partial charge in [0.15, 0.2) is 5.75 Å². The summed E-state index contributed by atoms with van der Waals surface area (Å²) in [5.74, 6) is 0.632. The first-order valence-electron chi connectivity index (χ1n) is 7.47. The third kappa shape index (κ3) is 2.96. The summed E-state index contributed by atoms with van der Waals surface area (Å²) in [6, 6.07) is 11.3. The fourth-order valence-corrected chi connectivity index (χ4v) is 2.57. The van der Waals surface area contributed by atoms with Gasteiger partial charge in [0.1, 0.15) is 18.2 Å². The zero-order valence-electron chi connectivity index (χ0n) is 13.1. The lowest BCUT2D eigenvalue weighted by Crippen LogP contribution is -2.15. The minimum Gasteiger partial charge on any atom is -0.497 e. The molecule has 124 valence electrons. The number of nitrogens with two attached hydrogens (primary N) is 1. The maximum absolute atomic E-state index is 13.5. The largest absolute Gasteiger partial charge is 0.497 e. The second kappa shape index (κ2) is 6.72. The Morgan fingerprint density at radius 3 is 2.75 bits per heavy atom. The van der Waals surface area contributed by atoms with E-state index in [4.69, 9.17) is 15.2 Å². The number of rotatable bonds is 5. The molecule has 3 rings (SSSR count). The van der Waals surface area contributed by atoms with Crippen molar-refractivity contribution in [1.82, 2.24) is 4.98 Å². The Bertz CT molecular complexity index is 937. The van der Waals surface area contributed by atoms with Gasteiger partial charge in [-0.3, -0.25) is 4.79 Å². The minimum absolute atomic E-state index is 0.230. The predicted molar refractivity (Wildman–Crippen MR) is 91.1 cm³/mol. The lowest BCUT2D eigenvalue weighted by molar-refractivity contribution is 0.332. The SMILES string of the molecule is COc1cccc(-c2[nH]c(=O)c3cc(F)ccc3c2OCCN)c1. The van der Waals surface area contributed by atoms with Crippen molar-refractivity contribution in [3.8, 4) is 22.8 Å². The van der Waals surface area contributed by atoms with Crippen LogP contribution >= 0.6 is 0 Å². The molecule has 0 atom stereocenters. The van der Waals surface area contributed by atoms with Crippen molar-refractivity contribution < 1.29 is 13.9 Å². The normalized spacial score (nSPS) is 10.8. The highest BCUT2D eigenvalue weighted by Gasteiger charge is 2.15. The molecule has 0 spiro atoms. The summed E-state index contributed by atoms with van der Waals surface area (Å²) in [5, 5.41) is 0.764. The van der Waals surface area contributed by atoms with Gasteiger partial charge in [-0.15, -0.1) is 0 Å². The van der Waals surface area contributed by atoms with E-state index >= 15 is 0 Å². The van der Waals surface area contributed by atoms with E-state index in [9.17, 15) is 9.18 Å². The first-order valence-corrected chi connectivity index (χ1v) is 7.47. The number of pyridine rings is 1. The standard InChI is InChI=1S/C18H17FN2O3/c1-23-13-4-2-3-11(9-13)16-17(24-8-7-20)14-6-5-12(19)10-15(14)18(22)21-16/h2-6,9-10H,7-8,20H2,1H3,(H,21,22). The van der Waals surface area contributed by atoms with Gasteiger partial charge in [-0.2, -0.15) is 0 Å². The van der Waals surface area contributed by atoms with Crippen molar-refractivity contribution in [2.45, 2.75) is 0 Å². The number of aromatic amines is 1. The molecular formula is C18H17FN2O3. The maximum atomic E-state index is 13.5. The van der Waals surface area contributed by atoms with Crippen LogP contribution in [0.2, 0.25) is 0 Å². The van der Waals surface area contributed by atoms with E-state index in [1.54, 1.807) is 19.2 Å². The number of hydrogen-bond donors (Lipinski definition) is 2. The van der Waals surface area contributed by atoms with Gasteiger partial charge in [0.2, 0.25) is 0 Å². The molecule has 6 heteroatoms. The van der Waals surface area contributed by atoms with E-state index in [0.717, 1.165) is 5.56 Å². The number of nitrogens with one attached hydrogen (secondary N) is 1. The predicted octanol–water partition coefficient (Wildman–Crippen LogP) is 2.68. The van der Waals surface area contributed by atoms with Gasteiger partial charge in [0.25, 0.3) is 5.56 Å². The maximum Gasteiger partial charge on any atom is 0.256 e. The zero-order chi connectivity index (χ0) is 17.1. The number of fused-ring (bicyclic) bond motifs is 1. The highest BCUT2D eigenvalue weighted by molar-refractivity contribution is 5.93. The molecule has 0 saturated heterocycles. The summed E-state index contributed by atoms with van der Waals surface area (Å²) in [7, 11) is 1.57. The van der Waals surface area contributed by atoms with Crippen LogP contribution in [0, 0.1) is 5.82 Å². The first-order chi connectivity index (χ1) is 11.6. The van der Waals surface area contributed by atoms with Crippen molar-refractivity contribution in [3.63, 3.8) is 0 Å². The van der Waals surface area contributed by atoms with Crippen LogP contribution < -0.4 is 20.8 Å². The molecular weight excluding hydrogens is 311 g/mol. The summed E-state index contributed by atoms with van der Waals surface area (Å²) in [6.45, 7) is 0.592. The van der Waals surface area contributed by atoms with Gasteiger partial charge in [-0.25, -0.2) is 4.39 Å². The Labute approximate surface area is 137 Å². The van der Waals surface area contributed by atoms with Crippen molar-refractivity contribution >= 4 is 10.8 Å². The molecule has 3 N–H and O–H groups in total. The van der Waals surface area contributed by atoms with Crippen LogP contribution in [0.15, 0.2) is 47.3 Å². The molecule has 24 heavy (non-hydrogen) atoms. The quantitative estimate of drug-likeness (QED) is 0.755. The van der Waals surface area contributed by atoms with Crippen molar-refractivity contribution in [3.05, 3.63) is 58.6 Å². The number of ether oxygens (including phenoxy) is 2. The van der Waals surface area contributed by atoms with E-state index in [1.165, 1.54) is 18.2 Å². The van der Waals surface area contributed by atoms with E-state index in [-0.39, 0.29) is 17.6 Å². The van der Waals surface area contributed by atoms with E-state index in [2.05, 4.69) is 4.98 Å². The van der Waals surface area contributed by atoms with Crippen LogP contribution in [0.3, 0.4) is 0 Å². The molecule has 0 fully saturated rings. The lowest BCUT2D eigenvalue weighted by atomic mass is 10.1. The van der Waals surface area contributed by atoms with Crippen LogP contribution in [0.5, 0.6) is 11.5 Å². The Hall–Kier alpha value is -2.86. The zero-order valence-corrected chi connectivity index (χ0v) is 13.1. The highest BCUT2D eigenvalue weighted by Crippen LogP contribution is 2.34. The Morgan fingerprint density at radius 1 is 1.17 bits per heavy atom. The first kappa shape index (κ1) is 16.0. The van der Waals surface area contributed by atoms with Crippen LogP contribution in [0.25, 0.3) is 22.0 Å². The summed E-state index contributed by atoms with van der Waals surface area (Å²) in [4.78, 5) is 15.2. The summed E-state index contributed by atoms with van der Waals surface area (Å²) >= 11 is 0. The molecule has 5 nitrogen and oxygen atoms in total. The fraction of sp³-hybridized carbons (Fsp3) is 0.167. The minimum atomic E-state index is -0.480. The number of H-pyrrole nitrogens is 1. The van der Waals surface area contributed by atoms with Crippen molar-refractivity contribution in [2.24, 2.45) is 5.73 Å². The molecule has 0 saturated carbocycles. The molecule has 0 bridgehead atoms. The topological polar surface area (TPSA) is 77.3 Å². The molecule has 0 aliphatic heterocycles. The summed E-state index contributed by atoms with van der Waals surface area (Å²) in [6.07, 6.45) is 0. The fourth-order valence-electron chi connectivity index (χ4n) is 2.57. The van der Waals surface area contributed by atoms with Gasteiger partial charge in [0, 0.05) is 17.5 Å². The van der Waals surface area contributed by atoms with E-state index in [1.807, 2.05) is 12.1 Å². The lowest BCUT2D eigenvalue weighted by Gasteiger charge is -2.14. The van der Waals surface area contributed by atoms with Gasteiger partial charge in [-0.05, 0) is 30.3 Å². The smallest absolute Gasteiger partial charge is 0.256 e. The number of hydrogen-bond acceptors (Lipinski definition) is 4. The Balaban J connectivity index is 2.29. The monoisotopic (exact) mass is 328 g/mol. The van der Waals surface area contributed by atoms with Crippen molar-refractivity contribution in [1.29, 1.82) is 0 Å². The molecule has 0 aliphatic rings. The Morgan fingerprint density at radius 2 is 2.00 bits per heavy atom. The number of aromatic nitrogens is 1. The number of halogens is 1. The molecule has 3 aromatic rings. The average Bonchev–Trinajstić information content (AvgIpc) is 2.61. The molecule has 0 aliphatic carbocycles. The number of methoxy groups -OCH3 is 1. The summed E-state index contributed by atoms with van der Waals surface area (Å²) < 4.78 is 24.5. The van der Waals surface area contributed by atoms with Gasteiger partial charge < -0.3 is 20.2 Å². The van der Waals surface area contributed by atoms with Crippen LogP contribution in [0.1, 0.15) is 0 Å². The van der Waals surface area contributed by atoms with Crippen LogP contribution in [-0.4, -0.2) is 25.2 Å². The molecule has 2 aromatic carbocycles.